The molecule has 1 aromatic rings. The molecule has 2 rings (SSSR count). The molecule has 1 fully saturated rings. The predicted molar refractivity (Wildman–Crippen MR) is 85.9 cm³/mol. The molecule has 0 radical (unpaired) electrons. The van der Waals surface area contributed by atoms with Gasteiger partial charge in [0.25, 0.3) is 5.91 Å². The van der Waals surface area contributed by atoms with Crippen molar-refractivity contribution in [2.24, 2.45) is 0 Å². The average Bonchev–Trinajstić information content (AvgIpc) is 2.52. The van der Waals surface area contributed by atoms with Gasteiger partial charge in [0.15, 0.2) is 0 Å². The number of halogens is 4. The van der Waals surface area contributed by atoms with Crippen LogP contribution in [-0.4, -0.2) is 36.5 Å². The summed E-state index contributed by atoms with van der Waals surface area (Å²) >= 11 is 0. The molecule has 1 aliphatic heterocycles. The lowest BCUT2D eigenvalue weighted by molar-refractivity contribution is -0.137. The lowest BCUT2D eigenvalue weighted by Gasteiger charge is -2.34. The van der Waals surface area contributed by atoms with Crippen molar-refractivity contribution in [1.82, 2.24) is 10.2 Å². The van der Waals surface area contributed by atoms with Gasteiger partial charge in [-0.1, -0.05) is 6.92 Å². The van der Waals surface area contributed by atoms with Crippen LogP contribution in [0.15, 0.2) is 24.3 Å². The normalized spacial score (nSPS) is 15.8. The van der Waals surface area contributed by atoms with E-state index in [0.29, 0.717) is 12.1 Å². The SMILES string of the molecule is CCCN(C(=O)c1ccc(C(F)(F)F)cc1)C1CCNCC1.Cl. The Morgan fingerprint density at radius 3 is 2.26 bits per heavy atom. The van der Waals surface area contributed by atoms with Gasteiger partial charge in [0.2, 0.25) is 0 Å². The highest BCUT2D eigenvalue weighted by Crippen LogP contribution is 2.29. The molecule has 1 aromatic carbocycles. The highest BCUT2D eigenvalue weighted by Gasteiger charge is 2.31. The van der Waals surface area contributed by atoms with Crippen molar-refractivity contribution in [3.8, 4) is 0 Å². The Kier molecular flexibility index (Phi) is 7.35. The number of piperidine rings is 1. The zero-order chi connectivity index (χ0) is 16.2. The second kappa shape index (κ2) is 8.55. The molecule has 23 heavy (non-hydrogen) atoms. The number of alkyl halides is 3. The van der Waals surface area contributed by atoms with Crippen LogP contribution >= 0.6 is 12.4 Å². The molecular weight excluding hydrogens is 329 g/mol. The van der Waals surface area contributed by atoms with Crippen molar-refractivity contribution in [1.29, 1.82) is 0 Å². The number of carbonyl (C=O) groups excluding carboxylic acids is 1. The van der Waals surface area contributed by atoms with E-state index in [1.165, 1.54) is 12.1 Å². The van der Waals surface area contributed by atoms with E-state index in [0.717, 1.165) is 44.5 Å². The molecule has 0 spiro atoms. The van der Waals surface area contributed by atoms with E-state index < -0.39 is 11.7 Å². The summed E-state index contributed by atoms with van der Waals surface area (Å²) in [7, 11) is 0. The Morgan fingerprint density at radius 2 is 1.78 bits per heavy atom. The van der Waals surface area contributed by atoms with Gasteiger partial charge >= 0.3 is 6.18 Å². The second-order valence-electron chi connectivity index (χ2n) is 5.55. The molecule has 1 heterocycles. The number of carbonyl (C=O) groups is 1. The minimum atomic E-state index is -4.38. The highest BCUT2D eigenvalue weighted by atomic mass is 35.5. The average molecular weight is 351 g/mol. The van der Waals surface area contributed by atoms with E-state index in [1.54, 1.807) is 0 Å². The summed E-state index contributed by atoms with van der Waals surface area (Å²) in [5.41, 5.74) is -0.409. The minimum absolute atomic E-state index is 0. The third-order valence-electron chi connectivity index (χ3n) is 3.93. The van der Waals surface area contributed by atoms with Crippen LogP contribution < -0.4 is 5.32 Å². The van der Waals surface area contributed by atoms with E-state index in [-0.39, 0.29) is 24.4 Å². The lowest BCUT2D eigenvalue weighted by atomic mass is 10.0. The summed E-state index contributed by atoms with van der Waals surface area (Å²) in [6, 6.07) is 4.65. The van der Waals surface area contributed by atoms with Crippen LogP contribution in [0.4, 0.5) is 13.2 Å². The van der Waals surface area contributed by atoms with Gasteiger partial charge in [0, 0.05) is 18.2 Å². The standard InChI is InChI=1S/C16H21F3N2O.ClH/c1-2-11-21(14-7-9-20-10-8-14)15(22)12-3-5-13(6-4-12)16(17,18)19;/h3-6,14,20H,2,7-11H2,1H3;1H. The van der Waals surface area contributed by atoms with Crippen molar-refractivity contribution in [2.45, 2.75) is 38.4 Å². The van der Waals surface area contributed by atoms with Crippen LogP contribution in [0.5, 0.6) is 0 Å². The zero-order valence-electron chi connectivity index (χ0n) is 13.0. The monoisotopic (exact) mass is 350 g/mol. The van der Waals surface area contributed by atoms with E-state index in [1.807, 2.05) is 11.8 Å². The van der Waals surface area contributed by atoms with Gasteiger partial charge in [0.05, 0.1) is 5.56 Å². The van der Waals surface area contributed by atoms with Crippen LogP contribution in [-0.2, 0) is 6.18 Å². The smallest absolute Gasteiger partial charge is 0.336 e. The number of nitrogens with zero attached hydrogens (tertiary/aromatic N) is 1. The Labute approximate surface area is 140 Å². The number of nitrogens with one attached hydrogen (secondary N) is 1. The maximum atomic E-state index is 12.6. The predicted octanol–water partition coefficient (Wildman–Crippen LogP) is 3.73. The molecule has 0 atom stereocenters. The third kappa shape index (κ3) is 5.11. The first-order chi connectivity index (χ1) is 10.4. The Hall–Kier alpha value is -1.27. The van der Waals surface area contributed by atoms with Crippen LogP contribution in [0.1, 0.15) is 42.1 Å². The van der Waals surface area contributed by atoms with Crippen LogP contribution in [0.3, 0.4) is 0 Å². The van der Waals surface area contributed by atoms with Crippen LogP contribution in [0, 0.1) is 0 Å². The number of rotatable bonds is 4. The largest absolute Gasteiger partial charge is 0.416 e. The maximum Gasteiger partial charge on any atom is 0.416 e. The molecule has 1 saturated heterocycles. The van der Waals surface area contributed by atoms with Gasteiger partial charge in [-0.15, -0.1) is 12.4 Å². The second-order valence-corrected chi connectivity index (χ2v) is 5.55. The zero-order valence-corrected chi connectivity index (χ0v) is 13.8. The van der Waals surface area contributed by atoms with Gasteiger partial charge in [-0.2, -0.15) is 13.2 Å². The molecule has 1 amide bonds. The van der Waals surface area contributed by atoms with Crippen molar-refractivity contribution in [3.05, 3.63) is 35.4 Å². The molecule has 130 valence electrons. The van der Waals surface area contributed by atoms with E-state index in [4.69, 9.17) is 0 Å². The first-order valence-electron chi connectivity index (χ1n) is 7.62. The summed E-state index contributed by atoms with van der Waals surface area (Å²) in [5.74, 6) is -0.178. The number of benzene rings is 1. The topological polar surface area (TPSA) is 32.3 Å². The molecular formula is C16H22ClF3N2O. The van der Waals surface area contributed by atoms with E-state index in [9.17, 15) is 18.0 Å². The maximum absolute atomic E-state index is 12.6. The highest BCUT2D eigenvalue weighted by molar-refractivity contribution is 5.94. The number of hydrogen-bond donors (Lipinski definition) is 1. The van der Waals surface area contributed by atoms with Crippen molar-refractivity contribution in [2.75, 3.05) is 19.6 Å². The molecule has 7 heteroatoms. The molecule has 1 N–H and O–H groups in total. The van der Waals surface area contributed by atoms with Gasteiger partial charge in [-0.25, -0.2) is 0 Å². The molecule has 1 aliphatic rings. The summed E-state index contributed by atoms with van der Waals surface area (Å²) in [4.78, 5) is 14.4. The summed E-state index contributed by atoms with van der Waals surface area (Å²) in [6.07, 6.45) is -1.78. The number of amides is 1. The Morgan fingerprint density at radius 1 is 1.22 bits per heavy atom. The fourth-order valence-electron chi connectivity index (χ4n) is 2.78. The van der Waals surface area contributed by atoms with E-state index in [2.05, 4.69) is 5.32 Å². The molecule has 0 bridgehead atoms. The van der Waals surface area contributed by atoms with Gasteiger partial charge in [-0.3, -0.25) is 4.79 Å². The fourth-order valence-corrected chi connectivity index (χ4v) is 2.78. The summed E-state index contributed by atoms with van der Waals surface area (Å²) < 4.78 is 37.8. The van der Waals surface area contributed by atoms with Gasteiger partial charge in [0.1, 0.15) is 0 Å². The van der Waals surface area contributed by atoms with Crippen molar-refractivity contribution >= 4 is 18.3 Å². The van der Waals surface area contributed by atoms with Gasteiger partial charge in [-0.05, 0) is 56.6 Å². The van der Waals surface area contributed by atoms with Gasteiger partial charge < -0.3 is 10.2 Å². The van der Waals surface area contributed by atoms with Crippen LogP contribution in [0.2, 0.25) is 0 Å². The Balaban J connectivity index is 0.00000264. The number of hydrogen-bond acceptors (Lipinski definition) is 2. The molecule has 0 unspecified atom stereocenters. The first kappa shape index (κ1) is 19.8. The molecule has 3 nitrogen and oxygen atoms in total. The third-order valence-corrected chi connectivity index (χ3v) is 3.93. The van der Waals surface area contributed by atoms with Crippen molar-refractivity contribution < 1.29 is 18.0 Å². The molecule has 0 aromatic heterocycles. The van der Waals surface area contributed by atoms with Crippen LogP contribution in [0.25, 0.3) is 0 Å². The molecule has 0 aliphatic carbocycles. The van der Waals surface area contributed by atoms with Crippen molar-refractivity contribution in [3.63, 3.8) is 0 Å². The first-order valence-corrected chi connectivity index (χ1v) is 7.62. The Bertz CT molecular complexity index is 499. The molecule has 0 saturated carbocycles. The van der Waals surface area contributed by atoms with E-state index >= 15 is 0 Å². The quantitative estimate of drug-likeness (QED) is 0.897. The fraction of sp³-hybridized carbons (Fsp3) is 0.562. The summed E-state index contributed by atoms with van der Waals surface area (Å²) in [6.45, 7) is 4.36. The minimum Gasteiger partial charge on any atom is -0.336 e. The summed E-state index contributed by atoms with van der Waals surface area (Å²) in [5, 5.41) is 3.25. The lowest BCUT2D eigenvalue weighted by Crippen LogP contribution is -2.46.